The molecule has 1 aromatic rings. The average molecular weight is 276 g/mol. The highest BCUT2D eigenvalue weighted by Crippen LogP contribution is 2.32. The summed E-state index contributed by atoms with van der Waals surface area (Å²) >= 11 is 0. The molecule has 5 heteroatoms. The summed E-state index contributed by atoms with van der Waals surface area (Å²) in [7, 11) is 2.09. The Kier molecular flexibility index (Phi) is 3.78. The third-order valence-corrected chi connectivity index (χ3v) is 3.92. The van der Waals surface area contributed by atoms with Crippen LogP contribution in [0.3, 0.4) is 0 Å². The molecular weight excluding hydrogens is 256 g/mol. The van der Waals surface area contributed by atoms with Crippen LogP contribution in [-0.2, 0) is 11.2 Å². The third kappa shape index (κ3) is 2.88. The predicted octanol–water partition coefficient (Wildman–Crippen LogP) is 1.12. The van der Waals surface area contributed by atoms with Crippen molar-refractivity contribution >= 4 is 5.91 Å². The molecule has 20 heavy (non-hydrogen) atoms. The van der Waals surface area contributed by atoms with Crippen molar-refractivity contribution in [2.75, 3.05) is 40.0 Å². The van der Waals surface area contributed by atoms with E-state index in [0.717, 1.165) is 49.7 Å². The summed E-state index contributed by atoms with van der Waals surface area (Å²) in [6.45, 7) is 3.91. The van der Waals surface area contributed by atoms with Gasteiger partial charge in [0.15, 0.2) is 11.5 Å². The monoisotopic (exact) mass is 276 g/mol. The number of hydrogen-bond donors (Lipinski definition) is 0. The number of benzene rings is 1. The summed E-state index contributed by atoms with van der Waals surface area (Å²) in [6.07, 6.45) is 1.31. The Morgan fingerprint density at radius 3 is 2.70 bits per heavy atom. The molecular formula is C15H20N2O3. The molecule has 0 aliphatic carbocycles. The molecule has 2 aliphatic heterocycles. The van der Waals surface area contributed by atoms with E-state index in [1.807, 2.05) is 23.1 Å². The van der Waals surface area contributed by atoms with Crippen LogP contribution in [0.25, 0.3) is 0 Å². The van der Waals surface area contributed by atoms with Crippen molar-refractivity contribution in [3.63, 3.8) is 0 Å². The van der Waals surface area contributed by atoms with Crippen LogP contribution in [0.2, 0.25) is 0 Å². The van der Waals surface area contributed by atoms with Crippen molar-refractivity contribution in [2.45, 2.75) is 12.8 Å². The second-order valence-electron chi connectivity index (χ2n) is 5.37. The van der Waals surface area contributed by atoms with Crippen LogP contribution >= 0.6 is 0 Å². The quantitative estimate of drug-likeness (QED) is 0.830. The molecule has 0 radical (unpaired) electrons. The molecule has 1 amide bonds. The lowest BCUT2D eigenvalue weighted by atomic mass is 10.1. The third-order valence-electron chi connectivity index (χ3n) is 3.92. The highest BCUT2D eigenvalue weighted by atomic mass is 16.7. The van der Waals surface area contributed by atoms with Gasteiger partial charge in [0.2, 0.25) is 12.7 Å². The number of rotatable bonds is 3. The molecule has 1 fully saturated rings. The molecule has 0 spiro atoms. The van der Waals surface area contributed by atoms with Gasteiger partial charge in [0.1, 0.15) is 0 Å². The van der Waals surface area contributed by atoms with Gasteiger partial charge in [-0.3, -0.25) is 4.79 Å². The van der Waals surface area contributed by atoms with E-state index < -0.39 is 0 Å². The molecule has 2 heterocycles. The maximum Gasteiger partial charge on any atom is 0.231 e. The first-order valence-corrected chi connectivity index (χ1v) is 7.07. The molecule has 0 unspecified atom stereocenters. The lowest BCUT2D eigenvalue weighted by molar-refractivity contribution is -0.132. The van der Waals surface area contributed by atoms with E-state index in [4.69, 9.17) is 9.47 Å². The SMILES string of the molecule is CN1CCN(C(=O)CCc2ccc3c(c2)OCO3)CC1. The number of ether oxygens (including phenoxy) is 2. The minimum atomic E-state index is 0.246. The van der Waals surface area contributed by atoms with Gasteiger partial charge in [-0.25, -0.2) is 0 Å². The van der Waals surface area contributed by atoms with Gasteiger partial charge >= 0.3 is 0 Å². The molecule has 3 rings (SSSR count). The van der Waals surface area contributed by atoms with E-state index in [9.17, 15) is 4.79 Å². The van der Waals surface area contributed by atoms with E-state index in [-0.39, 0.29) is 5.91 Å². The van der Waals surface area contributed by atoms with E-state index >= 15 is 0 Å². The summed E-state index contributed by atoms with van der Waals surface area (Å²) < 4.78 is 10.6. The predicted molar refractivity (Wildman–Crippen MR) is 75.0 cm³/mol. The van der Waals surface area contributed by atoms with Gasteiger partial charge in [0.25, 0.3) is 0 Å². The number of nitrogens with zero attached hydrogens (tertiary/aromatic N) is 2. The first-order valence-electron chi connectivity index (χ1n) is 7.07. The maximum atomic E-state index is 12.2. The number of likely N-dealkylation sites (N-methyl/N-ethyl adjacent to an activating group) is 1. The van der Waals surface area contributed by atoms with Crippen molar-refractivity contribution in [3.05, 3.63) is 23.8 Å². The first kappa shape index (κ1) is 13.2. The van der Waals surface area contributed by atoms with Crippen molar-refractivity contribution in [1.82, 2.24) is 9.80 Å². The highest BCUT2D eigenvalue weighted by molar-refractivity contribution is 5.76. The number of carbonyl (C=O) groups excluding carboxylic acids is 1. The average Bonchev–Trinajstić information content (AvgIpc) is 2.93. The molecule has 0 aromatic heterocycles. The molecule has 1 aromatic carbocycles. The van der Waals surface area contributed by atoms with Crippen LogP contribution in [0.15, 0.2) is 18.2 Å². The van der Waals surface area contributed by atoms with Crippen LogP contribution in [0.1, 0.15) is 12.0 Å². The minimum Gasteiger partial charge on any atom is -0.454 e. The van der Waals surface area contributed by atoms with Gasteiger partial charge in [-0.05, 0) is 31.2 Å². The van der Waals surface area contributed by atoms with Crippen molar-refractivity contribution in [2.24, 2.45) is 0 Å². The molecule has 1 saturated heterocycles. The normalized spacial score (nSPS) is 18.4. The molecule has 0 saturated carbocycles. The Morgan fingerprint density at radius 1 is 1.15 bits per heavy atom. The fraction of sp³-hybridized carbons (Fsp3) is 0.533. The summed E-state index contributed by atoms with van der Waals surface area (Å²) in [4.78, 5) is 16.4. The second-order valence-corrected chi connectivity index (χ2v) is 5.37. The molecule has 108 valence electrons. The maximum absolute atomic E-state index is 12.2. The van der Waals surface area contributed by atoms with E-state index in [0.29, 0.717) is 13.2 Å². The summed E-state index contributed by atoms with van der Waals surface area (Å²) in [5, 5.41) is 0. The van der Waals surface area contributed by atoms with Crippen molar-refractivity contribution in [3.8, 4) is 11.5 Å². The fourth-order valence-electron chi connectivity index (χ4n) is 2.56. The molecule has 0 atom stereocenters. The number of amides is 1. The standard InChI is InChI=1S/C15H20N2O3/c1-16-6-8-17(9-7-16)15(18)5-3-12-2-4-13-14(10-12)20-11-19-13/h2,4,10H,3,5-9,11H2,1H3. The molecule has 5 nitrogen and oxygen atoms in total. The minimum absolute atomic E-state index is 0.246. The zero-order valence-corrected chi connectivity index (χ0v) is 11.8. The number of hydrogen-bond acceptors (Lipinski definition) is 4. The number of aryl methyl sites for hydroxylation is 1. The van der Waals surface area contributed by atoms with Gasteiger partial charge in [-0.15, -0.1) is 0 Å². The topological polar surface area (TPSA) is 42.0 Å². The van der Waals surface area contributed by atoms with E-state index in [1.165, 1.54) is 0 Å². The van der Waals surface area contributed by atoms with Crippen LogP contribution in [0, 0.1) is 0 Å². The Labute approximate surface area is 119 Å². The van der Waals surface area contributed by atoms with Crippen LogP contribution in [-0.4, -0.2) is 55.7 Å². The summed E-state index contributed by atoms with van der Waals surface area (Å²) in [5.74, 6) is 1.82. The zero-order chi connectivity index (χ0) is 13.9. The second kappa shape index (κ2) is 5.71. The van der Waals surface area contributed by atoms with Crippen LogP contribution in [0.4, 0.5) is 0 Å². The Balaban J connectivity index is 1.53. The molecule has 2 aliphatic rings. The Bertz CT molecular complexity index is 496. The molecule has 0 N–H and O–H groups in total. The Morgan fingerprint density at radius 2 is 1.90 bits per heavy atom. The zero-order valence-electron chi connectivity index (χ0n) is 11.8. The summed E-state index contributed by atoms with van der Waals surface area (Å²) in [5.41, 5.74) is 1.12. The number of fused-ring (bicyclic) bond motifs is 1. The lowest BCUT2D eigenvalue weighted by Crippen LogP contribution is -2.47. The summed E-state index contributed by atoms with van der Waals surface area (Å²) in [6, 6.07) is 5.89. The van der Waals surface area contributed by atoms with Gasteiger partial charge < -0.3 is 19.3 Å². The smallest absolute Gasteiger partial charge is 0.231 e. The van der Waals surface area contributed by atoms with Gasteiger partial charge in [0, 0.05) is 32.6 Å². The van der Waals surface area contributed by atoms with Gasteiger partial charge in [-0.1, -0.05) is 6.07 Å². The first-order chi connectivity index (χ1) is 9.72. The van der Waals surface area contributed by atoms with Gasteiger partial charge in [-0.2, -0.15) is 0 Å². The van der Waals surface area contributed by atoms with Crippen LogP contribution in [0.5, 0.6) is 11.5 Å². The van der Waals surface area contributed by atoms with E-state index in [2.05, 4.69) is 11.9 Å². The van der Waals surface area contributed by atoms with Crippen molar-refractivity contribution in [1.29, 1.82) is 0 Å². The lowest BCUT2D eigenvalue weighted by Gasteiger charge is -2.32. The van der Waals surface area contributed by atoms with Gasteiger partial charge in [0.05, 0.1) is 0 Å². The molecule has 0 bridgehead atoms. The van der Waals surface area contributed by atoms with Crippen molar-refractivity contribution < 1.29 is 14.3 Å². The fourth-order valence-corrected chi connectivity index (χ4v) is 2.56. The number of carbonyl (C=O) groups is 1. The van der Waals surface area contributed by atoms with E-state index in [1.54, 1.807) is 0 Å². The number of piperazine rings is 1. The largest absolute Gasteiger partial charge is 0.454 e. The van der Waals surface area contributed by atoms with Crippen LogP contribution < -0.4 is 9.47 Å². The highest BCUT2D eigenvalue weighted by Gasteiger charge is 2.19. The Hall–Kier alpha value is -1.75.